The van der Waals surface area contributed by atoms with Gasteiger partial charge in [-0.05, 0) is 25.1 Å². The van der Waals surface area contributed by atoms with Crippen LogP contribution in [0.4, 0.5) is 23.7 Å². The summed E-state index contributed by atoms with van der Waals surface area (Å²) in [6.45, 7) is 1.04. The number of nitrogens with zero attached hydrogens (tertiary/aromatic N) is 4. The van der Waals surface area contributed by atoms with E-state index in [1.165, 1.54) is 21.7 Å². The first kappa shape index (κ1) is 23.4. The summed E-state index contributed by atoms with van der Waals surface area (Å²) < 4.78 is 41.1. The Bertz CT molecular complexity index is 1080. The smallest absolute Gasteiger partial charge is 0.322 e. The van der Waals surface area contributed by atoms with Crippen LogP contribution >= 0.6 is 11.6 Å². The number of halogens is 4. The number of benzene rings is 1. The number of urea groups is 1. The van der Waals surface area contributed by atoms with Gasteiger partial charge in [0.1, 0.15) is 11.5 Å². The van der Waals surface area contributed by atoms with Crippen LogP contribution in [0.5, 0.6) is 0 Å². The van der Waals surface area contributed by atoms with Crippen molar-refractivity contribution in [3.8, 4) is 0 Å². The number of nitrogens with one attached hydrogen (secondary N) is 1. The molecule has 0 radical (unpaired) electrons. The number of aliphatic hydroxyl groups is 1. The highest BCUT2D eigenvalue weighted by atomic mass is 35.5. The molecule has 0 aliphatic carbocycles. The van der Waals surface area contributed by atoms with Crippen LogP contribution in [-0.4, -0.2) is 68.8 Å². The van der Waals surface area contributed by atoms with E-state index in [1.807, 2.05) is 6.92 Å². The van der Waals surface area contributed by atoms with Crippen LogP contribution in [0, 0.1) is 11.7 Å². The van der Waals surface area contributed by atoms with Crippen molar-refractivity contribution in [1.82, 2.24) is 19.6 Å². The number of carbonyl (C=O) groups is 2. The number of hydrogen-bond donors (Lipinski definition) is 2. The van der Waals surface area contributed by atoms with Crippen LogP contribution in [0.3, 0.4) is 0 Å². The largest absolute Gasteiger partial charge is 0.396 e. The van der Waals surface area contributed by atoms with E-state index in [0.29, 0.717) is 23.4 Å². The lowest BCUT2D eigenvalue weighted by atomic mass is 9.99. The van der Waals surface area contributed by atoms with E-state index in [2.05, 4.69) is 10.4 Å². The van der Waals surface area contributed by atoms with E-state index >= 15 is 0 Å². The first-order valence-electron chi connectivity index (χ1n) is 10.5. The third kappa shape index (κ3) is 4.65. The Labute approximate surface area is 192 Å². The Hall–Kier alpha value is -2.79. The molecule has 4 rings (SSSR count). The zero-order valence-electron chi connectivity index (χ0n) is 17.8. The van der Waals surface area contributed by atoms with Crippen LogP contribution in [0.2, 0.25) is 5.02 Å². The summed E-state index contributed by atoms with van der Waals surface area (Å²) in [6.07, 6.45) is -2.36. The van der Waals surface area contributed by atoms with Crippen LogP contribution in [0.15, 0.2) is 18.2 Å². The third-order valence-electron chi connectivity index (χ3n) is 5.93. The molecule has 1 aromatic heterocycles. The second-order valence-corrected chi connectivity index (χ2v) is 8.75. The average Bonchev–Trinajstić information content (AvgIpc) is 3.03. The zero-order chi connectivity index (χ0) is 23.9. The molecule has 2 aliphatic rings. The molecule has 0 unspecified atom stereocenters. The van der Waals surface area contributed by atoms with Crippen molar-refractivity contribution >= 4 is 29.2 Å². The van der Waals surface area contributed by atoms with E-state index in [9.17, 15) is 27.9 Å². The number of aromatic nitrogens is 2. The standard InChI is InChI=1S/C21H23ClF3N5O3/c1-11-4-17-14(8-29(11)21(33)26-13-2-3-16(23)15(22)5-13)19-20(32)28(9-18(24)25)6-12(10-31)7-30(19)27-17/h2-3,5,11-12,18,31H,4,6-10H2,1H3,(H,26,33)/t11-,12-/m1/s1. The first-order valence-corrected chi connectivity index (χ1v) is 10.8. The van der Waals surface area contributed by atoms with Gasteiger partial charge in [0, 0.05) is 49.3 Å². The minimum Gasteiger partial charge on any atom is -0.396 e. The van der Waals surface area contributed by atoms with E-state index in [-0.39, 0.29) is 43.0 Å². The minimum atomic E-state index is -2.72. The topological polar surface area (TPSA) is 90.7 Å². The maximum Gasteiger partial charge on any atom is 0.322 e. The van der Waals surface area contributed by atoms with E-state index in [0.717, 1.165) is 11.0 Å². The summed E-state index contributed by atoms with van der Waals surface area (Å²) in [5.74, 6) is -1.64. The van der Waals surface area contributed by atoms with Gasteiger partial charge in [0.2, 0.25) is 0 Å². The second-order valence-electron chi connectivity index (χ2n) is 8.35. The Morgan fingerprint density at radius 3 is 2.79 bits per heavy atom. The quantitative estimate of drug-likeness (QED) is 0.696. The zero-order valence-corrected chi connectivity index (χ0v) is 18.5. The van der Waals surface area contributed by atoms with E-state index in [4.69, 9.17) is 11.6 Å². The van der Waals surface area contributed by atoms with Gasteiger partial charge < -0.3 is 20.2 Å². The first-order chi connectivity index (χ1) is 15.7. The van der Waals surface area contributed by atoms with Crippen molar-refractivity contribution in [3.05, 3.63) is 46.0 Å². The lowest BCUT2D eigenvalue weighted by Crippen LogP contribution is -2.45. The van der Waals surface area contributed by atoms with Crippen LogP contribution in [0.1, 0.15) is 28.7 Å². The van der Waals surface area contributed by atoms with Gasteiger partial charge in [-0.15, -0.1) is 0 Å². The van der Waals surface area contributed by atoms with Crippen LogP contribution in [0.25, 0.3) is 0 Å². The predicted molar refractivity (Wildman–Crippen MR) is 114 cm³/mol. The number of rotatable bonds is 4. The fraction of sp³-hybridized carbons (Fsp3) is 0.476. The molecule has 0 spiro atoms. The summed E-state index contributed by atoms with van der Waals surface area (Å²) >= 11 is 5.78. The molecule has 33 heavy (non-hydrogen) atoms. The van der Waals surface area contributed by atoms with Gasteiger partial charge in [0.25, 0.3) is 12.3 Å². The highest BCUT2D eigenvalue weighted by Gasteiger charge is 2.38. The molecule has 3 heterocycles. The molecule has 0 saturated carbocycles. The molecule has 0 fully saturated rings. The summed E-state index contributed by atoms with van der Waals surface area (Å²) in [5, 5.41) is 16.7. The third-order valence-corrected chi connectivity index (χ3v) is 6.22. The molecule has 8 nitrogen and oxygen atoms in total. The maximum absolute atomic E-state index is 13.4. The minimum absolute atomic E-state index is 0.0102. The highest BCUT2D eigenvalue weighted by molar-refractivity contribution is 6.31. The molecular weight excluding hydrogens is 463 g/mol. The Morgan fingerprint density at radius 2 is 2.12 bits per heavy atom. The molecule has 1 aromatic carbocycles. The van der Waals surface area contributed by atoms with Gasteiger partial charge in [-0.2, -0.15) is 5.10 Å². The van der Waals surface area contributed by atoms with Gasteiger partial charge in [-0.1, -0.05) is 11.6 Å². The number of amides is 3. The SMILES string of the molecule is C[C@@H]1Cc2nn3c(c2CN1C(=O)Nc1ccc(F)c(Cl)c1)C(=O)N(CC(F)F)C[C@@H](CO)C3. The van der Waals surface area contributed by atoms with Crippen molar-refractivity contribution in [2.75, 3.05) is 25.0 Å². The summed E-state index contributed by atoms with van der Waals surface area (Å²) in [7, 11) is 0. The van der Waals surface area contributed by atoms with Crippen molar-refractivity contribution < 1.29 is 27.9 Å². The lowest BCUT2D eigenvalue weighted by molar-refractivity contribution is 0.0494. The number of fused-ring (bicyclic) bond motifs is 3. The summed E-state index contributed by atoms with van der Waals surface area (Å²) in [6, 6.07) is 3.07. The number of carbonyl (C=O) groups excluding carboxylic acids is 2. The highest BCUT2D eigenvalue weighted by Crippen LogP contribution is 2.30. The Kier molecular flexibility index (Phi) is 6.53. The number of alkyl halides is 2. The second kappa shape index (κ2) is 9.22. The van der Waals surface area contributed by atoms with Crippen molar-refractivity contribution in [2.24, 2.45) is 5.92 Å². The molecule has 0 bridgehead atoms. The molecular formula is C21H23ClF3N5O3. The predicted octanol–water partition coefficient (Wildman–Crippen LogP) is 2.98. The van der Waals surface area contributed by atoms with Gasteiger partial charge in [0.05, 0.1) is 23.8 Å². The molecule has 3 amide bonds. The van der Waals surface area contributed by atoms with Gasteiger partial charge in [0.15, 0.2) is 0 Å². The van der Waals surface area contributed by atoms with Gasteiger partial charge in [-0.25, -0.2) is 18.0 Å². The Balaban J connectivity index is 1.62. The molecule has 0 saturated heterocycles. The van der Waals surface area contributed by atoms with Crippen molar-refractivity contribution in [3.63, 3.8) is 0 Å². The average molecular weight is 486 g/mol. The molecule has 2 N–H and O–H groups in total. The van der Waals surface area contributed by atoms with Crippen molar-refractivity contribution in [2.45, 2.75) is 38.9 Å². The summed E-state index contributed by atoms with van der Waals surface area (Å²) in [5.41, 5.74) is 1.60. The molecule has 2 aliphatic heterocycles. The van der Waals surface area contributed by atoms with Crippen LogP contribution in [-0.2, 0) is 19.5 Å². The van der Waals surface area contributed by atoms with E-state index < -0.39 is 36.6 Å². The fourth-order valence-electron chi connectivity index (χ4n) is 4.29. The molecule has 2 aromatic rings. The number of anilines is 1. The molecule has 12 heteroatoms. The lowest BCUT2D eigenvalue weighted by Gasteiger charge is -2.33. The van der Waals surface area contributed by atoms with Gasteiger partial charge >= 0.3 is 6.03 Å². The van der Waals surface area contributed by atoms with Gasteiger partial charge in [-0.3, -0.25) is 9.48 Å². The van der Waals surface area contributed by atoms with Crippen molar-refractivity contribution in [1.29, 1.82) is 0 Å². The van der Waals surface area contributed by atoms with Crippen LogP contribution < -0.4 is 5.32 Å². The maximum atomic E-state index is 13.4. The van der Waals surface area contributed by atoms with E-state index in [1.54, 1.807) is 0 Å². The molecule has 178 valence electrons. The molecule has 2 atom stereocenters. The number of hydrogen-bond acceptors (Lipinski definition) is 4. The Morgan fingerprint density at radius 1 is 1.36 bits per heavy atom. The summed E-state index contributed by atoms with van der Waals surface area (Å²) in [4.78, 5) is 28.7. The fourth-order valence-corrected chi connectivity index (χ4v) is 4.47. The number of aliphatic hydroxyl groups excluding tert-OH is 1. The monoisotopic (exact) mass is 485 g/mol. The normalized spacial score (nSPS) is 20.5.